The Morgan fingerprint density at radius 1 is 1.40 bits per heavy atom. The van der Waals surface area contributed by atoms with E-state index >= 15 is 0 Å². The van der Waals surface area contributed by atoms with Crippen LogP contribution in [0.4, 0.5) is 0 Å². The van der Waals surface area contributed by atoms with Gasteiger partial charge < -0.3 is 5.32 Å². The smallest absolute Gasteiger partial charge is 0.0477 e. The molecule has 0 amide bonds. The van der Waals surface area contributed by atoms with E-state index in [1.807, 2.05) is 11.3 Å². The van der Waals surface area contributed by atoms with Gasteiger partial charge in [0.2, 0.25) is 0 Å². The van der Waals surface area contributed by atoms with E-state index in [0.29, 0.717) is 5.54 Å². The Labute approximate surface area is 94.9 Å². The van der Waals surface area contributed by atoms with Crippen molar-refractivity contribution in [1.29, 1.82) is 0 Å². The van der Waals surface area contributed by atoms with E-state index in [-0.39, 0.29) is 0 Å². The molecule has 2 heterocycles. The summed E-state index contributed by atoms with van der Waals surface area (Å²) in [7, 11) is 0. The van der Waals surface area contributed by atoms with E-state index in [4.69, 9.17) is 0 Å². The summed E-state index contributed by atoms with van der Waals surface area (Å²) in [6.07, 6.45) is 7.12. The predicted octanol–water partition coefficient (Wildman–Crippen LogP) is 2.91. The highest BCUT2D eigenvalue weighted by atomic mass is 32.1. The molecule has 1 N–H and O–H groups in total. The van der Waals surface area contributed by atoms with E-state index in [1.54, 1.807) is 10.4 Å². The van der Waals surface area contributed by atoms with Crippen LogP contribution >= 0.6 is 11.3 Å². The number of nitrogens with one attached hydrogen (secondary N) is 1. The largest absolute Gasteiger partial charge is 0.307 e. The average molecular weight is 219 g/mol. The Morgan fingerprint density at radius 2 is 2.40 bits per heavy atom. The number of rotatable bonds is 0. The van der Waals surface area contributed by atoms with Gasteiger partial charge in [-0.25, -0.2) is 0 Å². The minimum absolute atomic E-state index is 0.413. The van der Waals surface area contributed by atoms with Crippen LogP contribution < -0.4 is 5.32 Å². The third kappa shape index (κ3) is 1.02. The van der Waals surface area contributed by atoms with Gasteiger partial charge in [0.25, 0.3) is 0 Å². The lowest BCUT2D eigenvalue weighted by Gasteiger charge is -2.42. The molecule has 1 spiro atoms. The molecule has 1 aromatic heterocycles. The van der Waals surface area contributed by atoms with E-state index in [2.05, 4.69) is 16.8 Å². The topological polar surface area (TPSA) is 12.0 Å². The fourth-order valence-corrected chi connectivity index (χ4v) is 5.27. The maximum Gasteiger partial charge on any atom is 0.0477 e. The zero-order valence-corrected chi connectivity index (χ0v) is 9.78. The molecule has 0 radical (unpaired) electrons. The molecule has 2 aliphatic carbocycles. The van der Waals surface area contributed by atoms with Crippen LogP contribution in [0.15, 0.2) is 11.4 Å². The summed E-state index contributed by atoms with van der Waals surface area (Å²) in [5.41, 5.74) is 2.09. The van der Waals surface area contributed by atoms with Gasteiger partial charge >= 0.3 is 0 Å². The Kier molecular flexibility index (Phi) is 1.67. The monoisotopic (exact) mass is 219 g/mol. The Morgan fingerprint density at radius 3 is 3.20 bits per heavy atom. The zero-order valence-electron chi connectivity index (χ0n) is 8.96. The molecular weight excluding hydrogens is 202 g/mol. The van der Waals surface area contributed by atoms with Gasteiger partial charge in [-0.3, -0.25) is 0 Å². The van der Waals surface area contributed by atoms with Crippen molar-refractivity contribution in [2.75, 3.05) is 6.54 Å². The second kappa shape index (κ2) is 2.86. The summed E-state index contributed by atoms with van der Waals surface area (Å²) in [6.45, 7) is 1.21. The SMILES string of the molecule is c1cc2c(s1)CCNC21CC2CCC1C2. The van der Waals surface area contributed by atoms with Crippen molar-refractivity contribution in [2.45, 2.75) is 37.6 Å². The maximum atomic E-state index is 3.87. The maximum absolute atomic E-state index is 3.87. The summed E-state index contributed by atoms with van der Waals surface area (Å²) in [5, 5.41) is 6.17. The highest BCUT2D eigenvalue weighted by Crippen LogP contribution is 2.57. The number of hydrogen-bond acceptors (Lipinski definition) is 2. The summed E-state index contributed by atoms with van der Waals surface area (Å²) in [4.78, 5) is 1.67. The second-order valence-corrected chi connectivity index (χ2v) is 6.49. The van der Waals surface area contributed by atoms with Gasteiger partial charge in [-0.15, -0.1) is 11.3 Å². The van der Waals surface area contributed by atoms with Crippen molar-refractivity contribution in [1.82, 2.24) is 5.32 Å². The lowest BCUT2D eigenvalue weighted by Crippen LogP contribution is -2.50. The van der Waals surface area contributed by atoms with Crippen molar-refractivity contribution in [3.05, 3.63) is 21.9 Å². The molecule has 1 nitrogen and oxygen atoms in total. The number of thiophene rings is 1. The van der Waals surface area contributed by atoms with Crippen LogP contribution in [0.2, 0.25) is 0 Å². The molecule has 2 heteroatoms. The first-order valence-corrected chi connectivity index (χ1v) is 7.08. The van der Waals surface area contributed by atoms with Crippen LogP contribution in [0.1, 0.15) is 36.1 Å². The van der Waals surface area contributed by atoms with Gasteiger partial charge in [-0.2, -0.15) is 0 Å². The minimum atomic E-state index is 0.413. The van der Waals surface area contributed by atoms with Crippen LogP contribution in [-0.4, -0.2) is 6.54 Å². The van der Waals surface area contributed by atoms with Crippen LogP contribution in [0.25, 0.3) is 0 Å². The normalized spacial score (nSPS) is 42.4. The molecule has 15 heavy (non-hydrogen) atoms. The van der Waals surface area contributed by atoms with Gasteiger partial charge in [-0.1, -0.05) is 6.42 Å². The molecule has 2 bridgehead atoms. The summed E-state index contributed by atoms with van der Waals surface area (Å²) in [6, 6.07) is 2.40. The first-order chi connectivity index (χ1) is 7.38. The van der Waals surface area contributed by atoms with Gasteiger partial charge in [0, 0.05) is 17.0 Å². The average Bonchev–Trinajstić information content (AvgIpc) is 2.89. The highest BCUT2D eigenvalue weighted by Gasteiger charge is 2.53. The molecule has 80 valence electrons. The highest BCUT2D eigenvalue weighted by molar-refractivity contribution is 7.10. The molecule has 3 aliphatic rings. The van der Waals surface area contributed by atoms with Crippen LogP contribution in [0.5, 0.6) is 0 Å². The van der Waals surface area contributed by atoms with Crippen LogP contribution in [0.3, 0.4) is 0 Å². The molecule has 1 aliphatic heterocycles. The fraction of sp³-hybridized carbons (Fsp3) is 0.692. The predicted molar refractivity (Wildman–Crippen MR) is 63.2 cm³/mol. The molecule has 0 aromatic carbocycles. The van der Waals surface area contributed by atoms with Gasteiger partial charge in [-0.05, 0) is 54.5 Å². The molecular formula is C13H17NS. The van der Waals surface area contributed by atoms with E-state index in [0.717, 1.165) is 11.8 Å². The van der Waals surface area contributed by atoms with Crippen LogP contribution in [0, 0.1) is 11.8 Å². The van der Waals surface area contributed by atoms with Gasteiger partial charge in [0.15, 0.2) is 0 Å². The quantitative estimate of drug-likeness (QED) is 0.707. The standard InChI is InChI=1S/C13H17NS/c1-2-10-7-9(1)8-13(10)11-4-6-15-12(11)3-5-14-13/h4,6,9-10,14H,1-3,5,7-8H2. The minimum Gasteiger partial charge on any atom is -0.307 e. The van der Waals surface area contributed by atoms with Crippen molar-refractivity contribution in [2.24, 2.45) is 11.8 Å². The molecule has 3 unspecified atom stereocenters. The first-order valence-electron chi connectivity index (χ1n) is 6.20. The Hall–Kier alpha value is -0.340. The second-order valence-electron chi connectivity index (χ2n) is 5.49. The zero-order chi connectivity index (χ0) is 9.88. The molecule has 0 saturated heterocycles. The van der Waals surface area contributed by atoms with Gasteiger partial charge in [0.1, 0.15) is 0 Å². The summed E-state index contributed by atoms with van der Waals surface area (Å²) < 4.78 is 0. The van der Waals surface area contributed by atoms with E-state index < -0.39 is 0 Å². The molecule has 2 fully saturated rings. The van der Waals surface area contributed by atoms with Gasteiger partial charge in [0.05, 0.1) is 0 Å². The summed E-state index contributed by atoms with van der Waals surface area (Å²) >= 11 is 1.97. The van der Waals surface area contributed by atoms with E-state index in [1.165, 1.54) is 38.6 Å². The Bertz CT molecular complexity index is 397. The molecule has 2 saturated carbocycles. The van der Waals surface area contributed by atoms with Crippen molar-refractivity contribution in [3.63, 3.8) is 0 Å². The molecule has 4 rings (SSSR count). The lowest BCUT2D eigenvalue weighted by atomic mass is 9.74. The van der Waals surface area contributed by atoms with Crippen LogP contribution in [-0.2, 0) is 12.0 Å². The Balaban J connectivity index is 1.85. The summed E-state index contributed by atoms with van der Waals surface area (Å²) in [5.74, 6) is 1.96. The fourth-order valence-electron chi connectivity index (χ4n) is 4.30. The third-order valence-corrected chi connectivity index (χ3v) is 5.85. The number of fused-ring (bicyclic) bond motifs is 5. The first kappa shape index (κ1) is 8.77. The molecule has 1 aromatic rings. The number of hydrogen-bond donors (Lipinski definition) is 1. The third-order valence-electron chi connectivity index (χ3n) is 4.87. The van der Waals surface area contributed by atoms with E-state index in [9.17, 15) is 0 Å². The molecule has 3 atom stereocenters. The van der Waals surface area contributed by atoms with Crippen molar-refractivity contribution < 1.29 is 0 Å². The lowest BCUT2D eigenvalue weighted by molar-refractivity contribution is 0.201. The van der Waals surface area contributed by atoms with Crippen molar-refractivity contribution in [3.8, 4) is 0 Å². The van der Waals surface area contributed by atoms with Crippen molar-refractivity contribution >= 4 is 11.3 Å².